The Balaban J connectivity index is 0.00000121. The highest BCUT2D eigenvalue weighted by Crippen LogP contribution is 2.19. The van der Waals surface area contributed by atoms with Gasteiger partial charge in [-0.15, -0.1) is 0 Å². The molecule has 0 unspecified atom stereocenters. The third-order valence-corrected chi connectivity index (χ3v) is 1.44. The minimum absolute atomic E-state index is 0. The van der Waals surface area contributed by atoms with Crippen LogP contribution in [0.25, 0.3) is 0 Å². The van der Waals surface area contributed by atoms with Gasteiger partial charge in [0.15, 0.2) is 0 Å². The zero-order valence-electron chi connectivity index (χ0n) is 6.41. The van der Waals surface area contributed by atoms with Crippen molar-refractivity contribution in [1.82, 2.24) is 0 Å². The summed E-state index contributed by atoms with van der Waals surface area (Å²) in [6, 6.07) is 2.57. The lowest BCUT2D eigenvalue weighted by Crippen LogP contribution is -1.96. The molecule has 1 aromatic rings. The van der Waals surface area contributed by atoms with E-state index < -0.39 is 11.6 Å². The highest BCUT2D eigenvalue weighted by molar-refractivity contribution is 5.47. The second kappa shape index (κ2) is 2.86. The fourth-order valence-corrected chi connectivity index (χ4v) is 0.939. The second-order valence-corrected chi connectivity index (χ2v) is 2.35. The minimum Gasteiger partial charge on any atom is -0.383 e. The van der Waals surface area contributed by atoms with E-state index in [-0.39, 0.29) is 7.11 Å². The first-order chi connectivity index (χ1) is 5.15. The van der Waals surface area contributed by atoms with Crippen LogP contribution in [0, 0.1) is 18.6 Å². The standard InChI is InChI=1S/C8H9F2N.H2/c1-5-3-6(9)8(11-2)7(10)4-5;/h3-4,11H,1-2H3;1H. The SMILES string of the molecule is CNc1c(F)cc(C)cc1F.[HH]. The zero-order valence-corrected chi connectivity index (χ0v) is 6.41. The van der Waals surface area contributed by atoms with E-state index in [1.165, 1.54) is 19.2 Å². The van der Waals surface area contributed by atoms with Crippen LogP contribution in [0.4, 0.5) is 14.5 Å². The van der Waals surface area contributed by atoms with E-state index in [9.17, 15) is 8.78 Å². The first-order valence-corrected chi connectivity index (χ1v) is 3.28. The van der Waals surface area contributed by atoms with Gasteiger partial charge in [-0.2, -0.15) is 0 Å². The van der Waals surface area contributed by atoms with E-state index in [1.807, 2.05) is 0 Å². The van der Waals surface area contributed by atoms with Crippen LogP contribution in [0.15, 0.2) is 12.1 Å². The third-order valence-electron chi connectivity index (χ3n) is 1.44. The van der Waals surface area contributed by atoms with Crippen LogP contribution in [0.2, 0.25) is 0 Å². The Bertz CT molecular complexity index is 253. The van der Waals surface area contributed by atoms with Crippen LogP contribution in [0.3, 0.4) is 0 Å². The van der Waals surface area contributed by atoms with Gasteiger partial charge in [-0.1, -0.05) is 0 Å². The molecule has 1 nitrogen and oxygen atoms in total. The Labute approximate surface area is 65.5 Å². The topological polar surface area (TPSA) is 12.0 Å². The van der Waals surface area contributed by atoms with Gasteiger partial charge in [-0.25, -0.2) is 8.78 Å². The molecule has 0 spiro atoms. The fourth-order valence-electron chi connectivity index (χ4n) is 0.939. The van der Waals surface area contributed by atoms with E-state index in [0.717, 1.165) is 0 Å². The Morgan fingerprint density at radius 3 is 2.09 bits per heavy atom. The van der Waals surface area contributed by atoms with E-state index in [0.29, 0.717) is 5.56 Å². The summed E-state index contributed by atoms with van der Waals surface area (Å²) >= 11 is 0. The lowest BCUT2D eigenvalue weighted by Gasteiger charge is -2.03. The monoisotopic (exact) mass is 159 g/mol. The third kappa shape index (κ3) is 1.48. The molecule has 0 aliphatic carbocycles. The summed E-state index contributed by atoms with van der Waals surface area (Å²) in [4.78, 5) is 0. The summed E-state index contributed by atoms with van der Waals surface area (Å²) in [6.45, 7) is 1.64. The zero-order chi connectivity index (χ0) is 8.43. The largest absolute Gasteiger partial charge is 0.383 e. The van der Waals surface area contributed by atoms with Crippen molar-refractivity contribution >= 4 is 5.69 Å². The van der Waals surface area contributed by atoms with Gasteiger partial charge in [0.2, 0.25) is 0 Å². The maximum absolute atomic E-state index is 12.8. The fraction of sp³-hybridized carbons (Fsp3) is 0.250. The maximum Gasteiger partial charge on any atom is 0.149 e. The lowest BCUT2D eigenvalue weighted by atomic mass is 10.2. The van der Waals surface area contributed by atoms with Crippen LogP contribution in [-0.4, -0.2) is 7.05 Å². The van der Waals surface area contributed by atoms with Crippen LogP contribution in [-0.2, 0) is 0 Å². The molecule has 0 aromatic heterocycles. The van der Waals surface area contributed by atoms with E-state index in [4.69, 9.17) is 0 Å². The minimum atomic E-state index is -0.551. The molecular formula is C8H11F2N. The molecule has 0 amide bonds. The average Bonchev–Trinajstić information content (AvgIpc) is 1.85. The van der Waals surface area contributed by atoms with Crippen molar-refractivity contribution < 1.29 is 10.2 Å². The molecule has 0 atom stereocenters. The van der Waals surface area contributed by atoms with Gasteiger partial charge >= 0.3 is 0 Å². The molecule has 1 N–H and O–H groups in total. The van der Waals surface area contributed by atoms with Crippen molar-refractivity contribution in [3.8, 4) is 0 Å². The van der Waals surface area contributed by atoms with Gasteiger partial charge in [0.25, 0.3) is 0 Å². The number of hydrogen-bond donors (Lipinski definition) is 1. The van der Waals surface area contributed by atoms with Gasteiger partial charge in [0.05, 0.1) is 0 Å². The van der Waals surface area contributed by atoms with Crippen LogP contribution in [0.5, 0.6) is 0 Å². The summed E-state index contributed by atoms with van der Waals surface area (Å²) in [7, 11) is 1.48. The molecule has 0 saturated heterocycles. The van der Waals surface area contributed by atoms with Gasteiger partial charge in [0.1, 0.15) is 17.3 Å². The summed E-state index contributed by atoms with van der Waals surface area (Å²) in [5.74, 6) is -1.10. The molecule has 62 valence electrons. The first kappa shape index (κ1) is 7.98. The molecule has 0 saturated carbocycles. The number of benzene rings is 1. The molecule has 0 aliphatic heterocycles. The number of hydrogen-bond acceptors (Lipinski definition) is 1. The van der Waals surface area contributed by atoms with Crippen molar-refractivity contribution in [3.05, 3.63) is 29.3 Å². The summed E-state index contributed by atoms with van der Waals surface area (Å²) < 4.78 is 25.6. The molecule has 3 heteroatoms. The molecule has 1 rings (SSSR count). The Morgan fingerprint density at radius 2 is 1.73 bits per heavy atom. The Kier molecular flexibility index (Phi) is 2.08. The number of aryl methyl sites for hydroxylation is 1. The number of anilines is 1. The smallest absolute Gasteiger partial charge is 0.149 e. The number of rotatable bonds is 1. The van der Waals surface area contributed by atoms with Crippen molar-refractivity contribution in [2.45, 2.75) is 6.92 Å². The maximum atomic E-state index is 12.8. The van der Waals surface area contributed by atoms with Crippen molar-refractivity contribution in [2.75, 3.05) is 12.4 Å². The predicted molar refractivity (Wildman–Crippen MR) is 42.8 cm³/mol. The van der Waals surface area contributed by atoms with Gasteiger partial charge in [0, 0.05) is 8.47 Å². The molecule has 1 aromatic carbocycles. The predicted octanol–water partition coefficient (Wildman–Crippen LogP) is 2.56. The summed E-state index contributed by atoms with van der Waals surface area (Å²) in [6.07, 6.45) is 0. The molecule has 11 heavy (non-hydrogen) atoms. The Hall–Kier alpha value is -1.12. The second-order valence-electron chi connectivity index (χ2n) is 2.35. The molecule has 0 fully saturated rings. The summed E-state index contributed by atoms with van der Waals surface area (Å²) in [5.41, 5.74) is 0.509. The van der Waals surface area contributed by atoms with Crippen molar-refractivity contribution in [1.29, 1.82) is 0 Å². The molecule has 0 aliphatic rings. The van der Waals surface area contributed by atoms with Gasteiger partial charge < -0.3 is 5.32 Å². The number of nitrogens with one attached hydrogen (secondary N) is 1. The molecular weight excluding hydrogens is 148 g/mol. The van der Waals surface area contributed by atoms with Crippen LogP contribution >= 0.6 is 0 Å². The van der Waals surface area contributed by atoms with Gasteiger partial charge in [-0.3, -0.25) is 0 Å². The highest BCUT2D eigenvalue weighted by atomic mass is 19.1. The van der Waals surface area contributed by atoms with Gasteiger partial charge in [-0.05, 0) is 24.6 Å². The molecule has 0 heterocycles. The van der Waals surface area contributed by atoms with Crippen LogP contribution in [0.1, 0.15) is 6.99 Å². The first-order valence-electron chi connectivity index (χ1n) is 3.28. The molecule has 0 radical (unpaired) electrons. The molecule has 0 bridgehead atoms. The number of halogens is 2. The average molecular weight is 159 g/mol. The van der Waals surface area contributed by atoms with E-state index in [2.05, 4.69) is 5.32 Å². The highest BCUT2D eigenvalue weighted by Gasteiger charge is 2.06. The van der Waals surface area contributed by atoms with Crippen molar-refractivity contribution in [2.24, 2.45) is 0 Å². The normalized spacial score (nSPS) is 9.82. The summed E-state index contributed by atoms with van der Waals surface area (Å²) in [5, 5.41) is 2.44. The van der Waals surface area contributed by atoms with E-state index >= 15 is 0 Å². The Morgan fingerprint density at radius 1 is 1.27 bits per heavy atom. The van der Waals surface area contributed by atoms with E-state index in [1.54, 1.807) is 6.92 Å². The van der Waals surface area contributed by atoms with Crippen LogP contribution < -0.4 is 5.32 Å². The lowest BCUT2D eigenvalue weighted by molar-refractivity contribution is 0.588. The van der Waals surface area contributed by atoms with Crippen molar-refractivity contribution in [3.63, 3.8) is 0 Å². The quantitative estimate of drug-likeness (QED) is 0.664.